The van der Waals surface area contributed by atoms with Crippen LogP contribution in [0.1, 0.15) is 46.6 Å². The fourth-order valence-corrected chi connectivity index (χ4v) is 1.88. The highest BCUT2D eigenvalue weighted by molar-refractivity contribution is 5.94. The summed E-state index contributed by atoms with van der Waals surface area (Å²) in [6.45, 7) is 10.9. The number of urea groups is 1. The molecule has 0 aromatic heterocycles. The van der Waals surface area contributed by atoms with Crippen LogP contribution < -0.4 is 15.4 Å². The molecule has 0 unspecified atom stereocenters. The van der Waals surface area contributed by atoms with E-state index in [1.807, 2.05) is 24.3 Å². The molecule has 1 aromatic rings. The molecule has 2 N–H and O–H groups in total. The zero-order valence-corrected chi connectivity index (χ0v) is 14.7. The van der Waals surface area contributed by atoms with Gasteiger partial charge in [-0.05, 0) is 35.4 Å². The second-order valence-corrected chi connectivity index (χ2v) is 7.05. The molecule has 1 aromatic carbocycles. The summed E-state index contributed by atoms with van der Waals surface area (Å²) < 4.78 is 5.39. The molecule has 0 atom stereocenters. The molecule has 0 heterocycles. The van der Waals surface area contributed by atoms with Crippen molar-refractivity contribution in [1.82, 2.24) is 10.6 Å². The van der Waals surface area contributed by atoms with Crippen LogP contribution in [0.4, 0.5) is 4.79 Å². The predicted octanol–water partition coefficient (Wildman–Crippen LogP) is 3.23. The Morgan fingerprint density at radius 2 is 1.74 bits per heavy atom. The van der Waals surface area contributed by atoms with Crippen molar-refractivity contribution in [3.8, 4) is 5.75 Å². The lowest BCUT2D eigenvalue weighted by Gasteiger charge is -2.19. The first-order valence-corrected chi connectivity index (χ1v) is 7.99. The highest BCUT2D eigenvalue weighted by Crippen LogP contribution is 2.24. The van der Waals surface area contributed by atoms with Crippen LogP contribution >= 0.6 is 0 Å². The van der Waals surface area contributed by atoms with Crippen molar-refractivity contribution in [3.05, 3.63) is 29.8 Å². The molecule has 0 aliphatic rings. The molecule has 0 spiro atoms. The number of hydrogen-bond acceptors (Lipinski definition) is 3. The van der Waals surface area contributed by atoms with Crippen LogP contribution in [0.2, 0.25) is 0 Å². The molecule has 5 nitrogen and oxygen atoms in total. The van der Waals surface area contributed by atoms with Gasteiger partial charge in [-0.2, -0.15) is 0 Å². The smallest absolute Gasteiger partial charge is 0.321 e. The van der Waals surface area contributed by atoms with E-state index in [1.165, 1.54) is 5.56 Å². The second kappa shape index (κ2) is 8.56. The number of carbonyl (C=O) groups excluding carboxylic acids is 2. The lowest BCUT2D eigenvalue weighted by Crippen LogP contribution is -2.42. The first kappa shape index (κ1) is 19.0. The van der Waals surface area contributed by atoms with Crippen LogP contribution in [0, 0.1) is 5.92 Å². The number of nitrogens with one attached hydrogen (secondary N) is 2. The van der Waals surface area contributed by atoms with Gasteiger partial charge in [0.2, 0.25) is 0 Å². The summed E-state index contributed by atoms with van der Waals surface area (Å²) in [6.07, 6.45) is 0.873. The van der Waals surface area contributed by atoms with E-state index in [4.69, 9.17) is 4.74 Å². The second-order valence-electron chi connectivity index (χ2n) is 7.05. The molecule has 0 radical (unpaired) electrons. The average Bonchev–Trinajstić information content (AvgIpc) is 2.44. The van der Waals surface area contributed by atoms with Gasteiger partial charge in [0.1, 0.15) is 5.75 Å². The Kier molecular flexibility index (Phi) is 7.07. The van der Waals surface area contributed by atoms with Crippen molar-refractivity contribution in [3.63, 3.8) is 0 Å². The largest absolute Gasteiger partial charge is 0.484 e. The van der Waals surface area contributed by atoms with Gasteiger partial charge in [0, 0.05) is 6.54 Å². The molecule has 1 rings (SSSR count). The Balaban J connectivity index is 2.34. The van der Waals surface area contributed by atoms with Crippen LogP contribution in [-0.4, -0.2) is 25.1 Å². The molecule has 0 saturated carbocycles. The summed E-state index contributed by atoms with van der Waals surface area (Å²) in [5.74, 6) is 0.644. The minimum atomic E-state index is -0.484. The van der Waals surface area contributed by atoms with E-state index in [9.17, 15) is 9.59 Å². The van der Waals surface area contributed by atoms with Gasteiger partial charge in [0.25, 0.3) is 5.91 Å². The number of rotatable bonds is 6. The third-order valence-electron chi connectivity index (χ3n) is 3.35. The average molecular weight is 320 g/mol. The van der Waals surface area contributed by atoms with E-state index in [0.717, 1.165) is 6.42 Å². The number of ether oxygens (including phenoxy) is 1. The minimum Gasteiger partial charge on any atom is -0.484 e. The van der Waals surface area contributed by atoms with E-state index in [-0.39, 0.29) is 12.0 Å². The number of benzene rings is 1. The Morgan fingerprint density at radius 3 is 2.26 bits per heavy atom. The van der Waals surface area contributed by atoms with Gasteiger partial charge in [-0.25, -0.2) is 4.79 Å². The zero-order valence-electron chi connectivity index (χ0n) is 14.7. The standard InChI is InChI=1S/C18H28N2O3/c1-13(2)10-11-19-17(22)20-16(21)12-23-15-8-6-14(7-9-15)18(3,4)5/h6-9,13H,10-12H2,1-5H3,(H2,19,20,21,22). The maximum Gasteiger partial charge on any atom is 0.321 e. The maximum absolute atomic E-state index is 11.7. The van der Waals surface area contributed by atoms with E-state index in [0.29, 0.717) is 18.2 Å². The Morgan fingerprint density at radius 1 is 1.13 bits per heavy atom. The third kappa shape index (κ3) is 7.68. The van der Waals surface area contributed by atoms with Gasteiger partial charge in [0.15, 0.2) is 6.61 Å². The van der Waals surface area contributed by atoms with E-state index in [2.05, 4.69) is 45.3 Å². The van der Waals surface area contributed by atoms with Crippen molar-refractivity contribution in [2.24, 2.45) is 5.92 Å². The number of imide groups is 1. The van der Waals surface area contributed by atoms with E-state index < -0.39 is 11.9 Å². The summed E-state index contributed by atoms with van der Waals surface area (Å²) >= 11 is 0. The summed E-state index contributed by atoms with van der Waals surface area (Å²) in [7, 11) is 0. The number of amides is 3. The Hall–Kier alpha value is -2.04. The first-order valence-electron chi connectivity index (χ1n) is 7.99. The highest BCUT2D eigenvalue weighted by Gasteiger charge is 2.13. The molecule has 0 saturated heterocycles. The Bertz CT molecular complexity index is 516. The van der Waals surface area contributed by atoms with Crippen molar-refractivity contribution in [2.45, 2.75) is 46.5 Å². The van der Waals surface area contributed by atoms with Gasteiger partial charge in [-0.1, -0.05) is 46.8 Å². The lowest BCUT2D eigenvalue weighted by atomic mass is 9.87. The lowest BCUT2D eigenvalue weighted by molar-refractivity contribution is -0.122. The van der Waals surface area contributed by atoms with Crippen molar-refractivity contribution in [1.29, 1.82) is 0 Å². The van der Waals surface area contributed by atoms with Crippen LogP contribution in [0.15, 0.2) is 24.3 Å². The Labute approximate surface area is 138 Å². The van der Waals surface area contributed by atoms with Gasteiger partial charge in [-0.15, -0.1) is 0 Å². The van der Waals surface area contributed by atoms with Crippen LogP contribution in [0.5, 0.6) is 5.75 Å². The van der Waals surface area contributed by atoms with Gasteiger partial charge < -0.3 is 10.1 Å². The molecule has 0 aliphatic heterocycles. The topological polar surface area (TPSA) is 67.4 Å². The van der Waals surface area contributed by atoms with Crippen molar-refractivity contribution >= 4 is 11.9 Å². The summed E-state index contributed by atoms with van der Waals surface area (Å²) in [5, 5.41) is 4.89. The number of carbonyl (C=O) groups is 2. The van der Waals surface area contributed by atoms with Crippen molar-refractivity contribution < 1.29 is 14.3 Å². The fourth-order valence-electron chi connectivity index (χ4n) is 1.88. The quantitative estimate of drug-likeness (QED) is 0.845. The van der Waals surface area contributed by atoms with E-state index >= 15 is 0 Å². The molecule has 0 fully saturated rings. The van der Waals surface area contributed by atoms with Crippen molar-refractivity contribution in [2.75, 3.05) is 13.2 Å². The fraction of sp³-hybridized carbons (Fsp3) is 0.556. The zero-order chi connectivity index (χ0) is 17.5. The number of hydrogen-bond donors (Lipinski definition) is 2. The third-order valence-corrected chi connectivity index (χ3v) is 3.35. The van der Waals surface area contributed by atoms with Gasteiger partial charge in [0.05, 0.1) is 0 Å². The van der Waals surface area contributed by atoms with E-state index in [1.54, 1.807) is 0 Å². The first-order chi connectivity index (χ1) is 10.7. The normalized spacial score (nSPS) is 11.2. The summed E-state index contributed by atoms with van der Waals surface area (Å²) in [4.78, 5) is 23.2. The monoisotopic (exact) mass is 320 g/mol. The summed E-state index contributed by atoms with van der Waals surface area (Å²) in [5.41, 5.74) is 1.27. The molecule has 128 valence electrons. The van der Waals surface area contributed by atoms with Crippen LogP contribution in [-0.2, 0) is 10.2 Å². The molecule has 23 heavy (non-hydrogen) atoms. The SMILES string of the molecule is CC(C)CCNC(=O)NC(=O)COc1ccc(C(C)(C)C)cc1. The highest BCUT2D eigenvalue weighted by atomic mass is 16.5. The molecular formula is C18H28N2O3. The van der Waals surface area contributed by atoms with Gasteiger partial charge in [-0.3, -0.25) is 10.1 Å². The summed E-state index contributed by atoms with van der Waals surface area (Å²) in [6, 6.07) is 7.13. The van der Waals surface area contributed by atoms with Crippen LogP contribution in [0.25, 0.3) is 0 Å². The molecule has 3 amide bonds. The predicted molar refractivity (Wildman–Crippen MR) is 91.6 cm³/mol. The minimum absolute atomic E-state index is 0.0734. The van der Waals surface area contributed by atoms with Gasteiger partial charge >= 0.3 is 6.03 Å². The maximum atomic E-state index is 11.7. The molecule has 0 bridgehead atoms. The molecule has 0 aliphatic carbocycles. The molecule has 5 heteroatoms. The molecular weight excluding hydrogens is 292 g/mol. The van der Waals surface area contributed by atoms with Crippen LogP contribution in [0.3, 0.4) is 0 Å².